The molecule has 0 fully saturated rings. The molecular weight excluding hydrogens is 358 g/mol. The van der Waals surface area contributed by atoms with E-state index >= 15 is 0 Å². The molecule has 0 saturated carbocycles. The highest BCUT2D eigenvalue weighted by Gasteiger charge is 2.20. The van der Waals surface area contributed by atoms with Crippen LogP contribution in [0.3, 0.4) is 0 Å². The molecule has 1 amide bonds. The van der Waals surface area contributed by atoms with Crippen LogP contribution >= 0.6 is 0 Å². The number of methoxy groups -OCH3 is 2. The van der Waals surface area contributed by atoms with Gasteiger partial charge < -0.3 is 19.1 Å². The predicted molar refractivity (Wildman–Crippen MR) is 105 cm³/mol. The first-order chi connectivity index (χ1) is 13.6. The zero-order chi connectivity index (χ0) is 19.9. The maximum atomic E-state index is 12.3. The summed E-state index contributed by atoms with van der Waals surface area (Å²) in [6.07, 6.45) is 3.69. The summed E-state index contributed by atoms with van der Waals surface area (Å²) in [5.74, 6) is 0.465. The molecule has 0 aromatic heterocycles. The molecule has 1 aliphatic rings. The highest BCUT2D eigenvalue weighted by molar-refractivity contribution is 5.89. The van der Waals surface area contributed by atoms with Crippen LogP contribution in [0.15, 0.2) is 48.5 Å². The Morgan fingerprint density at radius 2 is 1.71 bits per heavy atom. The van der Waals surface area contributed by atoms with E-state index in [4.69, 9.17) is 14.2 Å². The highest BCUT2D eigenvalue weighted by Crippen LogP contribution is 2.23. The molecule has 6 nitrogen and oxygen atoms in total. The number of amides is 1. The Morgan fingerprint density at radius 1 is 1.04 bits per heavy atom. The topological polar surface area (TPSA) is 65.1 Å². The van der Waals surface area contributed by atoms with Crippen LogP contribution in [0.25, 0.3) is 6.08 Å². The molecule has 0 bridgehead atoms. The van der Waals surface area contributed by atoms with Crippen LogP contribution in [0.4, 0.5) is 0 Å². The van der Waals surface area contributed by atoms with Gasteiger partial charge >= 0.3 is 5.97 Å². The van der Waals surface area contributed by atoms with Gasteiger partial charge in [0.15, 0.2) is 6.61 Å². The first-order valence-electron chi connectivity index (χ1n) is 9.01. The number of ether oxygens (including phenoxy) is 3. The van der Waals surface area contributed by atoms with Crippen LogP contribution in [0.5, 0.6) is 11.5 Å². The summed E-state index contributed by atoms with van der Waals surface area (Å²) in [6.45, 7) is 0.908. The van der Waals surface area contributed by atoms with Crippen molar-refractivity contribution in [3.63, 3.8) is 0 Å². The molecule has 146 valence electrons. The molecule has 0 N–H and O–H groups in total. The van der Waals surface area contributed by atoms with Crippen LogP contribution in [0, 0.1) is 0 Å². The van der Waals surface area contributed by atoms with E-state index in [0.717, 1.165) is 17.5 Å². The maximum Gasteiger partial charge on any atom is 0.331 e. The second-order valence-electron chi connectivity index (χ2n) is 6.42. The van der Waals surface area contributed by atoms with E-state index in [2.05, 4.69) is 6.07 Å². The monoisotopic (exact) mass is 381 g/mol. The number of hydrogen-bond acceptors (Lipinski definition) is 5. The summed E-state index contributed by atoms with van der Waals surface area (Å²) >= 11 is 0. The SMILES string of the molecule is COc1cc(/C=C/C(=O)OCC(=O)N2CCc3ccccc3C2)cc(OC)c1. The van der Waals surface area contributed by atoms with Gasteiger partial charge in [0.05, 0.1) is 14.2 Å². The van der Waals surface area contributed by atoms with Crippen molar-refractivity contribution >= 4 is 18.0 Å². The highest BCUT2D eigenvalue weighted by atomic mass is 16.5. The van der Waals surface area contributed by atoms with Crippen LogP contribution in [-0.4, -0.2) is 44.1 Å². The Bertz CT molecular complexity index is 868. The van der Waals surface area contributed by atoms with Crippen LogP contribution < -0.4 is 9.47 Å². The predicted octanol–water partition coefficient (Wildman–Crippen LogP) is 2.85. The summed E-state index contributed by atoms with van der Waals surface area (Å²) in [5, 5.41) is 0. The first-order valence-corrected chi connectivity index (χ1v) is 9.01. The maximum absolute atomic E-state index is 12.3. The number of hydrogen-bond donors (Lipinski definition) is 0. The molecule has 1 heterocycles. The number of fused-ring (bicyclic) bond motifs is 1. The minimum atomic E-state index is -0.576. The quantitative estimate of drug-likeness (QED) is 0.569. The molecule has 1 aliphatic heterocycles. The van der Waals surface area contributed by atoms with Crippen LogP contribution in [-0.2, 0) is 27.3 Å². The average molecular weight is 381 g/mol. The van der Waals surface area contributed by atoms with E-state index < -0.39 is 5.97 Å². The molecule has 0 saturated heterocycles. The third kappa shape index (κ3) is 4.91. The Kier molecular flexibility index (Phi) is 6.32. The normalized spacial score (nSPS) is 13.1. The van der Waals surface area contributed by atoms with Gasteiger partial charge in [-0.3, -0.25) is 4.79 Å². The van der Waals surface area contributed by atoms with Crippen molar-refractivity contribution in [2.24, 2.45) is 0 Å². The standard InChI is InChI=1S/C22H23NO5/c1-26-19-11-16(12-20(13-19)27-2)7-8-22(25)28-15-21(24)23-10-9-17-5-3-4-6-18(17)14-23/h3-8,11-13H,9-10,14-15H2,1-2H3/b8-7+. The zero-order valence-electron chi connectivity index (χ0n) is 16.0. The summed E-state index contributed by atoms with van der Waals surface area (Å²) in [4.78, 5) is 26.0. The Labute approximate surface area is 164 Å². The van der Waals surface area contributed by atoms with Gasteiger partial charge in [-0.05, 0) is 41.3 Å². The molecule has 0 atom stereocenters. The molecule has 0 radical (unpaired) electrons. The van der Waals surface area contributed by atoms with Gasteiger partial charge in [-0.1, -0.05) is 24.3 Å². The fraction of sp³-hybridized carbons (Fsp3) is 0.273. The zero-order valence-corrected chi connectivity index (χ0v) is 16.0. The first kappa shape index (κ1) is 19.5. The third-order valence-electron chi connectivity index (χ3n) is 4.61. The lowest BCUT2D eigenvalue weighted by Gasteiger charge is -2.28. The van der Waals surface area contributed by atoms with Gasteiger partial charge in [-0.2, -0.15) is 0 Å². The van der Waals surface area contributed by atoms with Crippen LogP contribution in [0.1, 0.15) is 16.7 Å². The van der Waals surface area contributed by atoms with Gasteiger partial charge in [-0.25, -0.2) is 4.79 Å². The Balaban J connectivity index is 1.53. The van der Waals surface area contributed by atoms with Gasteiger partial charge in [0.1, 0.15) is 11.5 Å². The molecule has 0 aliphatic carbocycles. The van der Waals surface area contributed by atoms with Crippen molar-refractivity contribution in [3.05, 3.63) is 65.2 Å². The van der Waals surface area contributed by atoms with E-state index in [1.165, 1.54) is 11.6 Å². The van der Waals surface area contributed by atoms with Crippen molar-refractivity contribution < 1.29 is 23.8 Å². The minimum absolute atomic E-state index is 0.195. The van der Waals surface area contributed by atoms with Crippen molar-refractivity contribution in [1.82, 2.24) is 4.90 Å². The van der Waals surface area contributed by atoms with Gasteiger partial charge in [-0.15, -0.1) is 0 Å². The summed E-state index contributed by atoms with van der Waals surface area (Å²) in [7, 11) is 3.11. The van der Waals surface area contributed by atoms with Gasteiger partial charge in [0.2, 0.25) is 0 Å². The second-order valence-corrected chi connectivity index (χ2v) is 6.42. The lowest BCUT2D eigenvalue weighted by atomic mass is 10.00. The van der Waals surface area contributed by atoms with E-state index in [1.807, 2.05) is 18.2 Å². The van der Waals surface area contributed by atoms with E-state index in [-0.39, 0.29) is 12.5 Å². The van der Waals surface area contributed by atoms with Crippen molar-refractivity contribution in [1.29, 1.82) is 0 Å². The number of rotatable bonds is 6. The number of nitrogens with zero attached hydrogens (tertiary/aromatic N) is 1. The molecule has 28 heavy (non-hydrogen) atoms. The number of benzene rings is 2. The van der Waals surface area contributed by atoms with Crippen molar-refractivity contribution in [2.45, 2.75) is 13.0 Å². The van der Waals surface area contributed by atoms with Gasteiger partial charge in [0, 0.05) is 25.2 Å². The molecule has 2 aromatic rings. The lowest BCUT2D eigenvalue weighted by Crippen LogP contribution is -2.38. The molecule has 6 heteroatoms. The molecular formula is C22H23NO5. The molecule has 0 unspecified atom stereocenters. The number of esters is 1. The average Bonchev–Trinajstić information content (AvgIpc) is 2.75. The third-order valence-corrected chi connectivity index (χ3v) is 4.61. The molecule has 3 rings (SSSR count). The fourth-order valence-corrected chi connectivity index (χ4v) is 3.07. The van der Waals surface area contributed by atoms with Gasteiger partial charge in [0.25, 0.3) is 5.91 Å². The molecule has 0 spiro atoms. The van der Waals surface area contributed by atoms with E-state index in [9.17, 15) is 9.59 Å². The summed E-state index contributed by atoms with van der Waals surface area (Å²) in [6, 6.07) is 13.3. The minimum Gasteiger partial charge on any atom is -0.497 e. The summed E-state index contributed by atoms with van der Waals surface area (Å²) < 4.78 is 15.5. The largest absolute Gasteiger partial charge is 0.497 e. The lowest BCUT2D eigenvalue weighted by molar-refractivity contribution is -0.148. The van der Waals surface area contributed by atoms with E-state index in [1.54, 1.807) is 43.4 Å². The van der Waals surface area contributed by atoms with E-state index in [0.29, 0.717) is 24.6 Å². The Morgan fingerprint density at radius 3 is 2.39 bits per heavy atom. The number of carbonyl (C=O) groups is 2. The Hall–Kier alpha value is -3.28. The fourth-order valence-electron chi connectivity index (χ4n) is 3.07. The van der Waals surface area contributed by atoms with Crippen LogP contribution in [0.2, 0.25) is 0 Å². The summed E-state index contributed by atoms with van der Waals surface area (Å²) in [5.41, 5.74) is 3.13. The second kappa shape index (κ2) is 9.08. The molecule has 2 aromatic carbocycles. The van der Waals surface area contributed by atoms with Crippen molar-refractivity contribution in [2.75, 3.05) is 27.4 Å². The smallest absolute Gasteiger partial charge is 0.331 e. The van der Waals surface area contributed by atoms with Crippen molar-refractivity contribution in [3.8, 4) is 11.5 Å². The number of carbonyl (C=O) groups excluding carboxylic acids is 2.